The van der Waals surface area contributed by atoms with E-state index in [0.29, 0.717) is 13.2 Å². The first-order valence-electron chi connectivity index (χ1n) is 11.7. The summed E-state index contributed by atoms with van der Waals surface area (Å²) < 4.78 is 13.0. The lowest BCUT2D eigenvalue weighted by Crippen LogP contribution is -2.31. The number of methoxy groups -OCH3 is 1. The van der Waals surface area contributed by atoms with Crippen molar-refractivity contribution in [3.63, 3.8) is 0 Å². The van der Waals surface area contributed by atoms with Crippen molar-refractivity contribution in [2.45, 2.75) is 37.9 Å². The molecule has 7 nitrogen and oxygen atoms in total. The molecule has 1 aliphatic rings. The van der Waals surface area contributed by atoms with Crippen molar-refractivity contribution in [2.24, 2.45) is 0 Å². The van der Waals surface area contributed by atoms with Gasteiger partial charge in [-0.05, 0) is 81.4 Å². The van der Waals surface area contributed by atoms with Gasteiger partial charge in [-0.3, -0.25) is 4.57 Å². The molecule has 0 radical (unpaired) electrons. The Morgan fingerprint density at radius 1 is 0.939 bits per heavy atom. The number of hydrogen-bond donors (Lipinski definition) is 1. The predicted molar refractivity (Wildman–Crippen MR) is 134 cm³/mol. The van der Waals surface area contributed by atoms with Crippen LogP contribution in [0.2, 0.25) is 0 Å². The van der Waals surface area contributed by atoms with Gasteiger partial charge in [-0.2, -0.15) is 0 Å². The molecule has 0 unspecified atom stereocenters. The molecular weight excluding hydrogens is 434 g/mol. The number of piperidine rings is 1. The van der Waals surface area contributed by atoms with Crippen molar-refractivity contribution < 1.29 is 9.47 Å². The minimum atomic E-state index is 0.569. The number of likely N-dealkylation sites (tertiary alicyclic amines) is 1. The fourth-order valence-electron chi connectivity index (χ4n) is 3.96. The number of hydrogen-bond acceptors (Lipinski definition) is 7. The Morgan fingerprint density at radius 3 is 2.36 bits per heavy atom. The Bertz CT molecular complexity index is 985. The SMILES string of the molecule is CCOc1ccc(NCc2nnc(SCCN3CCCCC3)n2-c2ccc(OC)cc2)cc1. The predicted octanol–water partition coefficient (Wildman–Crippen LogP) is 4.86. The Morgan fingerprint density at radius 2 is 1.67 bits per heavy atom. The fraction of sp³-hybridized carbons (Fsp3) is 0.440. The van der Waals surface area contributed by atoms with E-state index in [2.05, 4.69) is 37.1 Å². The van der Waals surface area contributed by atoms with Gasteiger partial charge >= 0.3 is 0 Å². The van der Waals surface area contributed by atoms with Crippen LogP contribution in [0, 0.1) is 0 Å². The van der Waals surface area contributed by atoms with Crippen molar-refractivity contribution in [3.8, 4) is 17.2 Å². The van der Waals surface area contributed by atoms with Crippen LogP contribution in [0.15, 0.2) is 53.7 Å². The summed E-state index contributed by atoms with van der Waals surface area (Å²) in [6, 6.07) is 16.0. The first kappa shape index (κ1) is 23.4. The lowest BCUT2D eigenvalue weighted by atomic mass is 10.1. The number of ether oxygens (including phenoxy) is 2. The number of benzene rings is 2. The van der Waals surface area contributed by atoms with Crippen LogP contribution in [0.25, 0.3) is 5.69 Å². The number of nitrogens with zero attached hydrogens (tertiary/aromatic N) is 4. The molecule has 1 N–H and O–H groups in total. The molecule has 1 saturated heterocycles. The molecule has 0 aliphatic carbocycles. The van der Waals surface area contributed by atoms with Gasteiger partial charge < -0.3 is 19.7 Å². The zero-order chi connectivity index (χ0) is 22.9. The summed E-state index contributed by atoms with van der Waals surface area (Å²) in [6.45, 7) is 6.72. The summed E-state index contributed by atoms with van der Waals surface area (Å²) in [5.41, 5.74) is 2.05. The van der Waals surface area contributed by atoms with E-state index in [1.54, 1.807) is 18.9 Å². The molecule has 0 amide bonds. The lowest BCUT2D eigenvalue weighted by Gasteiger charge is -2.25. The maximum atomic E-state index is 5.53. The lowest BCUT2D eigenvalue weighted by molar-refractivity contribution is 0.242. The largest absolute Gasteiger partial charge is 0.497 e. The van der Waals surface area contributed by atoms with Crippen molar-refractivity contribution in [2.75, 3.05) is 44.4 Å². The van der Waals surface area contributed by atoms with Crippen molar-refractivity contribution in [1.82, 2.24) is 19.7 Å². The van der Waals surface area contributed by atoms with Gasteiger partial charge in [0.05, 0.1) is 20.3 Å². The second-order valence-electron chi connectivity index (χ2n) is 7.99. The van der Waals surface area contributed by atoms with Crippen LogP contribution in [0.4, 0.5) is 5.69 Å². The second kappa shape index (κ2) is 12.0. The van der Waals surface area contributed by atoms with E-state index in [1.165, 1.54) is 32.4 Å². The Balaban J connectivity index is 1.47. The summed E-state index contributed by atoms with van der Waals surface area (Å²) in [5.74, 6) is 3.58. The Kier molecular flexibility index (Phi) is 8.49. The summed E-state index contributed by atoms with van der Waals surface area (Å²) in [7, 11) is 1.68. The van der Waals surface area contributed by atoms with E-state index < -0.39 is 0 Å². The van der Waals surface area contributed by atoms with Crippen LogP contribution in [0.1, 0.15) is 32.0 Å². The quantitative estimate of drug-likeness (QED) is 0.404. The average molecular weight is 468 g/mol. The van der Waals surface area contributed by atoms with E-state index in [-0.39, 0.29) is 0 Å². The minimum Gasteiger partial charge on any atom is -0.497 e. The number of aromatic nitrogens is 3. The van der Waals surface area contributed by atoms with Crippen LogP contribution < -0.4 is 14.8 Å². The van der Waals surface area contributed by atoms with Crippen LogP contribution in [-0.2, 0) is 6.54 Å². The number of anilines is 1. The molecule has 0 bridgehead atoms. The van der Waals surface area contributed by atoms with E-state index in [4.69, 9.17) is 9.47 Å². The Hall–Kier alpha value is -2.71. The average Bonchev–Trinajstić information content (AvgIpc) is 3.27. The van der Waals surface area contributed by atoms with Gasteiger partial charge in [0.25, 0.3) is 0 Å². The van der Waals surface area contributed by atoms with Gasteiger partial charge in [-0.15, -0.1) is 10.2 Å². The van der Waals surface area contributed by atoms with Crippen LogP contribution in [0.5, 0.6) is 11.5 Å². The molecule has 3 aromatic rings. The van der Waals surface area contributed by atoms with E-state index in [9.17, 15) is 0 Å². The topological polar surface area (TPSA) is 64.4 Å². The summed E-state index contributed by atoms with van der Waals surface area (Å²) in [5, 5.41) is 13.4. The van der Waals surface area contributed by atoms with Crippen LogP contribution in [0.3, 0.4) is 0 Å². The third kappa shape index (κ3) is 6.42. The molecule has 33 heavy (non-hydrogen) atoms. The zero-order valence-electron chi connectivity index (χ0n) is 19.5. The van der Waals surface area contributed by atoms with E-state index in [0.717, 1.165) is 46.2 Å². The molecule has 0 saturated carbocycles. The minimum absolute atomic E-state index is 0.569. The Labute approximate surface area is 200 Å². The molecule has 1 aromatic heterocycles. The first-order valence-corrected chi connectivity index (χ1v) is 12.7. The summed E-state index contributed by atoms with van der Waals surface area (Å²) in [6.07, 6.45) is 3.99. The maximum Gasteiger partial charge on any atom is 0.195 e. The molecule has 2 aromatic carbocycles. The third-order valence-electron chi connectivity index (χ3n) is 5.73. The monoisotopic (exact) mass is 467 g/mol. The highest BCUT2D eigenvalue weighted by Crippen LogP contribution is 2.25. The van der Waals surface area contributed by atoms with E-state index >= 15 is 0 Å². The highest BCUT2D eigenvalue weighted by molar-refractivity contribution is 7.99. The standard InChI is InChI=1S/C25H33N5O2S/c1-3-32-23-11-7-20(8-12-23)26-19-24-27-28-25(33-18-17-29-15-5-4-6-16-29)30(24)21-9-13-22(31-2)14-10-21/h7-14,26H,3-6,15-19H2,1-2H3. The molecule has 1 fully saturated rings. The number of thioether (sulfide) groups is 1. The molecule has 176 valence electrons. The van der Waals surface area contributed by atoms with Gasteiger partial charge in [0, 0.05) is 23.7 Å². The molecular formula is C25H33N5O2S. The highest BCUT2D eigenvalue weighted by Gasteiger charge is 2.16. The summed E-state index contributed by atoms with van der Waals surface area (Å²) >= 11 is 1.77. The molecule has 0 atom stereocenters. The maximum absolute atomic E-state index is 5.53. The first-order chi connectivity index (χ1) is 16.3. The molecule has 8 heteroatoms. The smallest absolute Gasteiger partial charge is 0.195 e. The number of rotatable bonds is 11. The van der Waals surface area contributed by atoms with Gasteiger partial charge in [0.15, 0.2) is 11.0 Å². The van der Waals surface area contributed by atoms with Crippen LogP contribution in [-0.4, -0.2) is 58.8 Å². The van der Waals surface area contributed by atoms with Crippen LogP contribution >= 0.6 is 11.8 Å². The van der Waals surface area contributed by atoms with Gasteiger partial charge in [0.2, 0.25) is 0 Å². The number of nitrogens with one attached hydrogen (secondary N) is 1. The van der Waals surface area contributed by atoms with Crippen molar-refractivity contribution >= 4 is 17.4 Å². The zero-order valence-corrected chi connectivity index (χ0v) is 20.3. The normalized spacial score (nSPS) is 14.2. The van der Waals surface area contributed by atoms with Gasteiger partial charge in [0.1, 0.15) is 11.5 Å². The highest BCUT2D eigenvalue weighted by atomic mass is 32.2. The third-order valence-corrected chi connectivity index (χ3v) is 6.64. The molecule has 0 spiro atoms. The second-order valence-corrected chi connectivity index (χ2v) is 9.06. The molecule has 2 heterocycles. The van der Waals surface area contributed by atoms with Gasteiger partial charge in [-0.1, -0.05) is 18.2 Å². The molecule has 1 aliphatic heterocycles. The summed E-state index contributed by atoms with van der Waals surface area (Å²) in [4.78, 5) is 2.55. The van der Waals surface area contributed by atoms with E-state index in [1.807, 2.05) is 43.3 Å². The molecule has 4 rings (SSSR count). The van der Waals surface area contributed by atoms with Crippen molar-refractivity contribution in [3.05, 3.63) is 54.4 Å². The van der Waals surface area contributed by atoms with Crippen molar-refractivity contribution in [1.29, 1.82) is 0 Å². The van der Waals surface area contributed by atoms with Gasteiger partial charge in [-0.25, -0.2) is 0 Å². The fourth-order valence-corrected chi connectivity index (χ4v) is 4.94.